The SMILES string of the molecule is N#Cc1ccc(Sc2ccc(C(=O)O)cc2)c(Cl)c1. The Hall–Kier alpha value is -1.96. The van der Waals surface area contributed by atoms with E-state index in [4.69, 9.17) is 22.0 Å². The fourth-order valence-electron chi connectivity index (χ4n) is 1.45. The minimum atomic E-state index is -0.951. The molecule has 1 N–H and O–H groups in total. The third kappa shape index (κ3) is 3.28. The monoisotopic (exact) mass is 289 g/mol. The van der Waals surface area contributed by atoms with E-state index < -0.39 is 5.97 Å². The van der Waals surface area contributed by atoms with Gasteiger partial charge in [-0.1, -0.05) is 23.4 Å². The number of carboxylic acids is 1. The summed E-state index contributed by atoms with van der Waals surface area (Å²) in [4.78, 5) is 12.4. The first kappa shape index (κ1) is 13.5. The van der Waals surface area contributed by atoms with E-state index in [2.05, 4.69) is 0 Å². The van der Waals surface area contributed by atoms with E-state index >= 15 is 0 Å². The molecule has 0 saturated carbocycles. The average Bonchev–Trinajstić information content (AvgIpc) is 2.41. The number of halogens is 1. The van der Waals surface area contributed by atoms with Crippen LogP contribution in [0.5, 0.6) is 0 Å². The van der Waals surface area contributed by atoms with Crippen LogP contribution in [0, 0.1) is 11.3 Å². The number of hydrogen-bond donors (Lipinski definition) is 1. The number of hydrogen-bond acceptors (Lipinski definition) is 3. The molecule has 0 atom stereocenters. The van der Waals surface area contributed by atoms with Crippen LogP contribution < -0.4 is 0 Å². The molecule has 0 unspecified atom stereocenters. The molecule has 0 amide bonds. The molecule has 2 aromatic carbocycles. The van der Waals surface area contributed by atoms with Crippen molar-refractivity contribution in [3.05, 3.63) is 58.6 Å². The van der Waals surface area contributed by atoms with Crippen LogP contribution in [0.2, 0.25) is 5.02 Å². The summed E-state index contributed by atoms with van der Waals surface area (Å²) in [6, 6.07) is 13.6. The minimum Gasteiger partial charge on any atom is -0.478 e. The largest absolute Gasteiger partial charge is 0.478 e. The van der Waals surface area contributed by atoms with Crippen LogP contribution >= 0.6 is 23.4 Å². The number of rotatable bonds is 3. The maximum absolute atomic E-state index is 10.7. The van der Waals surface area contributed by atoms with E-state index in [1.807, 2.05) is 6.07 Å². The Kier molecular flexibility index (Phi) is 4.10. The molecular formula is C14H8ClNO2S. The zero-order valence-corrected chi connectivity index (χ0v) is 11.2. The van der Waals surface area contributed by atoms with Crippen molar-refractivity contribution < 1.29 is 9.90 Å². The molecule has 94 valence electrons. The highest BCUT2D eigenvalue weighted by Crippen LogP contribution is 2.33. The molecule has 0 aliphatic heterocycles. The number of aromatic carboxylic acids is 1. The van der Waals surface area contributed by atoms with Gasteiger partial charge in [0.25, 0.3) is 0 Å². The van der Waals surface area contributed by atoms with Gasteiger partial charge in [-0.2, -0.15) is 5.26 Å². The Balaban J connectivity index is 2.22. The van der Waals surface area contributed by atoms with Crippen LogP contribution in [-0.2, 0) is 0 Å². The highest BCUT2D eigenvalue weighted by molar-refractivity contribution is 7.99. The zero-order chi connectivity index (χ0) is 13.8. The topological polar surface area (TPSA) is 61.1 Å². The van der Waals surface area contributed by atoms with Crippen LogP contribution in [0.1, 0.15) is 15.9 Å². The fourth-order valence-corrected chi connectivity index (χ4v) is 2.56. The second-order valence-electron chi connectivity index (χ2n) is 3.69. The minimum absolute atomic E-state index is 0.246. The van der Waals surface area contributed by atoms with E-state index in [9.17, 15) is 4.79 Å². The van der Waals surface area contributed by atoms with Crippen LogP contribution in [0.25, 0.3) is 0 Å². The molecule has 2 rings (SSSR count). The maximum Gasteiger partial charge on any atom is 0.335 e. The molecule has 5 heteroatoms. The Bertz CT molecular complexity index is 662. The summed E-state index contributed by atoms with van der Waals surface area (Å²) >= 11 is 7.49. The highest BCUT2D eigenvalue weighted by atomic mass is 35.5. The zero-order valence-electron chi connectivity index (χ0n) is 9.63. The average molecular weight is 290 g/mol. The summed E-state index contributed by atoms with van der Waals surface area (Å²) in [5.74, 6) is -0.951. The smallest absolute Gasteiger partial charge is 0.335 e. The first-order chi connectivity index (χ1) is 9.10. The summed E-state index contributed by atoms with van der Waals surface area (Å²) in [7, 11) is 0. The summed E-state index contributed by atoms with van der Waals surface area (Å²) in [6.45, 7) is 0. The normalized spacial score (nSPS) is 9.89. The van der Waals surface area contributed by atoms with Gasteiger partial charge in [-0.3, -0.25) is 0 Å². The van der Waals surface area contributed by atoms with Crippen molar-refractivity contribution in [2.24, 2.45) is 0 Å². The molecule has 0 aliphatic rings. The van der Waals surface area contributed by atoms with Crippen LogP contribution in [-0.4, -0.2) is 11.1 Å². The van der Waals surface area contributed by atoms with Gasteiger partial charge in [0, 0.05) is 9.79 Å². The number of carbonyl (C=O) groups is 1. The Morgan fingerprint density at radius 1 is 1.21 bits per heavy atom. The molecule has 19 heavy (non-hydrogen) atoms. The van der Waals surface area contributed by atoms with E-state index in [0.29, 0.717) is 10.6 Å². The number of carboxylic acid groups (broad SMARTS) is 1. The van der Waals surface area contributed by atoms with Gasteiger partial charge in [0.2, 0.25) is 0 Å². The standard InChI is InChI=1S/C14H8ClNO2S/c15-12-7-9(8-16)1-6-13(12)19-11-4-2-10(3-5-11)14(17)18/h1-7H,(H,17,18). The summed E-state index contributed by atoms with van der Waals surface area (Å²) in [5.41, 5.74) is 0.755. The van der Waals surface area contributed by atoms with Crippen LogP contribution in [0.4, 0.5) is 0 Å². The molecule has 0 radical (unpaired) electrons. The van der Waals surface area contributed by atoms with Crippen molar-refractivity contribution in [3.8, 4) is 6.07 Å². The van der Waals surface area contributed by atoms with Crippen molar-refractivity contribution in [1.82, 2.24) is 0 Å². The molecular weight excluding hydrogens is 282 g/mol. The molecule has 0 fully saturated rings. The molecule has 0 bridgehead atoms. The van der Waals surface area contributed by atoms with Gasteiger partial charge in [-0.05, 0) is 42.5 Å². The first-order valence-electron chi connectivity index (χ1n) is 5.31. The van der Waals surface area contributed by atoms with Crippen molar-refractivity contribution in [2.45, 2.75) is 9.79 Å². The predicted molar refractivity (Wildman–Crippen MR) is 73.7 cm³/mol. The van der Waals surface area contributed by atoms with Gasteiger partial charge in [-0.25, -0.2) is 4.79 Å². The second kappa shape index (κ2) is 5.79. The maximum atomic E-state index is 10.7. The number of benzene rings is 2. The summed E-state index contributed by atoms with van der Waals surface area (Å²) in [5, 5.41) is 18.1. The molecule has 3 nitrogen and oxygen atoms in total. The molecule has 0 aromatic heterocycles. The highest BCUT2D eigenvalue weighted by Gasteiger charge is 2.06. The Morgan fingerprint density at radius 2 is 1.89 bits per heavy atom. The summed E-state index contributed by atoms with van der Waals surface area (Å²) < 4.78 is 0. The predicted octanol–water partition coefficient (Wildman–Crippen LogP) is 4.06. The van der Waals surface area contributed by atoms with Crippen LogP contribution in [0.15, 0.2) is 52.3 Å². The van der Waals surface area contributed by atoms with Crippen molar-refractivity contribution in [3.63, 3.8) is 0 Å². The van der Waals surface area contributed by atoms with Gasteiger partial charge in [-0.15, -0.1) is 0 Å². The molecule has 0 saturated heterocycles. The lowest BCUT2D eigenvalue weighted by Gasteiger charge is -2.04. The summed E-state index contributed by atoms with van der Waals surface area (Å²) in [6.07, 6.45) is 0. The van der Waals surface area contributed by atoms with Gasteiger partial charge in [0.1, 0.15) is 0 Å². The fraction of sp³-hybridized carbons (Fsp3) is 0. The van der Waals surface area contributed by atoms with E-state index in [-0.39, 0.29) is 5.56 Å². The van der Waals surface area contributed by atoms with Gasteiger partial charge in [0.05, 0.1) is 22.2 Å². The van der Waals surface area contributed by atoms with E-state index in [1.54, 1.807) is 42.5 Å². The van der Waals surface area contributed by atoms with Gasteiger partial charge >= 0.3 is 5.97 Å². The van der Waals surface area contributed by atoms with Crippen molar-refractivity contribution >= 4 is 29.3 Å². The number of nitriles is 1. The Morgan fingerprint density at radius 3 is 2.42 bits per heavy atom. The van der Waals surface area contributed by atoms with E-state index in [0.717, 1.165) is 9.79 Å². The van der Waals surface area contributed by atoms with Crippen molar-refractivity contribution in [2.75, 3.05) is 0 Å². The molecule has 0 aliphatic carbocycles. The Labute approximate surface area is 119 Å². The molecule has 0 heterocycles. The van der Waals surface area contributed by atoms with Crippen molar-refractivity contribution in [1.29, 1.82) is 5.26 Å². The lowest BCUT2D eigenvalue weighted by molar-refractivity contribution is 0.0697. The quantitative estimate of drug-likeness (QED) is 0.925. The third-order valence-electron chi connectivity index (χ3n) is 2.39. The van der Waals surface area contributed by atoms with E-state index in [1.165, 1.54) is 11.8 Å². The lowest BCUT2D eigenvalue weighted by atomic mass is 10.2. The van der Waals surface area contributed by atoms with Gasteiger partial charge < -0.3 is 5.11 Å². The van der Waals surface area contributed by atoms with Gasteiger partial charge in [0.15, 0.2) is 0 Å². The molecule has 2 aromatic rings. The third-order valence-corrected chi connectivity index (χ3v) is 3.90. The number of nitrogens with zero attached hydrogens (tertiary/aromatic N) is 1. The first-order valence-corrected chi connectivity index (χ1v) is 6.50. The molecule has 0 spiro atoms. The second-order valence-corrected chi connectivity index (χ2v) is 5.21. The van der Waals surface area contributed by atoms with Crippen LogP contribution in [0.3, 0.4) is 0 Å². The lowest BCUT2D eigenvalue weighted by Crippen LogP contribution is -1.94.